The van der Waals surface area contributed by atoms with Crippen molar-refractivity contribution < 1.29 is 18.9 Å². The first kappa shape index (κ1) is 31.2. The number of aryl methyl sites for hydroxylation is 1. The number of hydrogen-bond acceptors (Lipinski definition) is 10. The van der Waals surface area contributed by atoms with E-state index >= 15 is 0 Å². The predicted molar refractivity (Wildman–Crippen MR) is 172 cm³/mol. The van der Waals surface area contributed by atoms with E-state index in [-0.39, 0.29) is 11.7 Å². The van der Waals surface area contributed by atoms with E-state index in [4.69, 9.17) is 4.74 Å². The number of nitrogens with zero attached hydrogens (tertiary/aromatic N) is 8. The van der Waals surface area contributed by atoms with Gasteiger partial charge in [0.1, 0.15) is 36.9 Å². The molecule has 15 heteroatoms. The Morgan fingerprint density at radius 2 is 1.98 bits per heavy atom. The minimum absolute atomic E-state index is 0.166. The molecule has 0 radical (unpaired) electrons. The van der Waals surface area contributed by atoms with Crippen LogP contribution in [0.4, 0.5) is 23.1 Å². The number of pyridine rings is 2. The molecule has 0 bridgehead atoms. The van der Waals surface area contributed by atoms with Crippen LogP contribution < -0.4 is 15.4 Å². The Morgan fingerprint density at radius 3 is 2.73 bits per heavy atom. The zero-order chi connectivity index (χ0) is 32.0. The van der Waals surface area contributed by atoms with Crippen molar-refractivity contribution >= 4 is 55.9 Å². The molecule has 5 rings (SSSR count). The highest BCUT2D eigenvalue weighted by Gasteiger charge is 2.27. The maximum atomic E-state index is 12.7. The molecular formula is C30H30BrN10O4+. The van der Waals surface area contributed by atoms with Crippen molar-refractivity contribution in [2.24, 2.45) is 7.05 Å². The first-order valence-corrected chi connectivity index (χ1v) is 14.5. The molecule has 0 unspecified atom stereocenters. The highest BCUT2D eigenvalue weighted by Crippen LogP contribution is 2.31. The number of imidazole rings is 1. The summed E-state index contributed by atoms with van der Waals surface area (Å²) in [6.07, 6.45) is 9.28. The van der Waals surface area contributed by atoms with Crippen molar-refractivity contribution in [1.29, 1.82) is 0 Å². The number of fused-ring (bicyclic) bond motifs is 1. The molecule has 4 heterocycles. The van der Waals surface area contributed by atoms with Crippen molar-refractivity contribution in [1.82, 2.24) is 29.5 Å². The van der Waals surface area contributed by atoms with E-state index in [1.807, 2.05) is 50.5 Å². The summed E-state index contributed by atoms with van der Waals surface area (Å²) in [5.41, 5.74) is 2.68. The van der Waals surface area contributed by atoms with Crippen LogP contribution in [0.15, 0.2) is 84.1 Å². The minimum Gasteiger partial charge on any atom is -0.486 e. The second kappa shape index (κ2) is 13.6. The third kappa shape index (κ3) is 8.01. The SMILES string of the molecule is Cn1cnc([N+](=O)[O-])c1C[N+](C)(C)C/C=C/C(=O)Nc1cc2c(Nc3ccc(OCc4ccccn4)c(Br)c3)ncnc2cn1. The van der Waals surface area contributed by atoms with Gasteiger partial charge in [0, 0.05) is 30.4 Å². The van der Waals surface area contributed by atoms with Crippen molar-refractivity contribution in [3.63, 3.8) is 0 Å². The van der Waals surface area contributed by atoms with Gasteiger partial charge in [0.25, 0.3) is 0 Å². The van der Waals surface area contributed by atoms with Gasteiger partial charge in [-0.3, -0.25) is 9.78 Å². The smallest absolute Gasteiger partial charge is 0.390 e. The van der Waals surface area contributed by atoms with E-state index in [9.17, 15) is 14.9 Å². The fourth-order valence-corrected chi connectivity index (χ4v) is 4.95. The first-order chi connectivity index (χ1) is 21.6. The average molecular weight is 675 g/mol. The number of aromatic nitrogens is 6. The number of amides is 1. The standard InChI is InChI=1S/C30H29BrN10O4/c1-39-19-36-30(40(43)44)25(39)16-41(2,3)12-6-8-28(42)38-27-14-22-24(15-33-27)34-18-35-29(22)37-20-9-10-26(23(31)13-20)45-17-21-7-4-5-11-32-21/h4-11,13-15,18-19H,12,16-17H2,1-3H3,(H-,33,34,35,37,38,42)/p+1/b8-6+. The number of carbonyl (C=O) groups excluding carboxylic acids is 1. The molecule has 0 aliphatic carbocycles. The monoisotopic (exact) mass is 673 g/mol. The number of rotatable bonds is 12. The molecule has 0 atom stereocenters. The maximum absolute atomic E-state index is 12.7. The topological polar surface area (TPSA) is 163 Å². The van der Waals surface area contributed by atoms with Gasteiger partial charge in [0.05, 0.1) is 42.5 Å². The first-order valence-electron chi connectivity index (χ1n) is 13.7. The summed E-state index contributed by atoms with van der Waals surface area (Å²) in [6, 6.07) is 13.0. The number of benzene rings is 1. The summed E-state index contributed by atoms with van der Waals surface area (Å²) in [7, 11) is 5.55. The Bertz CT molecular complexity index is 1880. The Hall–Kier alpha value is -5.28. The van der Waals surface area contributed by atoms with Gasteiger partial charge < -0.3 is 34.5 Å². The molecule has 45 heavy (non-hydrogen) atoms. The van der Waals surface area contributed by atoms with Crippen LogP contribution in [-0.2, 0) is 25.0 Å². The predicted octanol–water partition coefficient (Wildman–Crippen LogP) is 4.92. The lowest BCUT2D eigenvalue weighted by molar-refractivity contribution is -0.898. The molecule has 0 fully saturated rings. The Morgan fingerprint density at radius 1 is 1.13 bits per heavy atom. The number of carbonyl (C=O) groups is 1. The summed E-state index contributed by atoms with van der Waals surface area (Å²) in [5, 5.41) is 18.0. The second-order valence-corrected chi connectivity index (χ2v) is 11.6. The van der Waals surface area contributed by atoms with Gasteiger partial charge in [0.2, 0.25) is 12.2 Å². The van der Waals surface area contributed by atoms with Crippen LogP contribution in [0.3, 0.4) is 0 Å². The van der Waals surface area contributed by atoms with Crippen LogP contribution in [0.25, 0.3) is 10.9 Å². The summed E-state index contributed by atoms with van der Waals surface area (Å²) in [4.78, 5) is 44.7. The van der Waals surface area contributed by atoms with Crippen LogP contribution in [0, 0.1) is 10.1 Å². The van der Waals surface area contributed by atoms with Crippen molar-refractivity contribution in [3.05, 3.63) is 106 Å². The number of nitrogens with one attached hydrogen (secondary N) is 2. The normalized spacial score (nSPS) is 11.6. The van der Waals surface area contributed by atoms with Crippen molar-refractivity contribution in [2.45, 2.75) is 13.2 Å². The summed E-state index contributed by atoms with van der Waals surface area (Å²) in [6.45, 7) is 1.15. The molecule has 0 saturated carbocycles. The second-order valence-electron chi connectivity index (χ2n) is 10.7. The van der Waals surface area contributed by atoms with Gasteiger partial charge in [0.15, 0.2) is 5.69 Å². The molecule has 230 valence electrons. The molecule has 14 nitrogen and oxygen atoms in total. The Balaban J connectivity index is 1.23. The van der Waals surface area contributed by atoms with Gasteiger partial charge in [-0.05, 0) is 68.3 Å². The summed E-state index contributed by atoms with van der Waals surface area (Å²) >= 11 is 3.57. The highest BCUT2D eigenvalue weighted by molar-refractivity contribution is 9.10. The van der Waals surface area contributed by atoms with Crippen LogP contribution in [-0.4, -0.2) is 65.4 Å². The van der Waals surface area contributed by atoms with Crippen LogP contribution in [0.5, 0.6) is 5.75 Å². The molecular weight excluding hydrogens is 644 g/mol. The fourth-order valence-electron chi connectivity index (χ4n) is 4.46. The largest absolute Gasteiger partial charge is 0.486 e. The molecule has 1 amide bonds. The molecule has 0 saturated heterocycles. The van der Waals surface area contributed by atoms with Gasteiger partial charge in [-0.25, -0.2) is 15.0 Å². The lowest BCUT2D eigenvalue weighted by Crippen LogP contribution is -2.39. The van der Waals surface area contributed by atoms with E-state index in [1.54, 1.807) is 36.2 Å². The number of anilines is 3. The Labute approximate surface area is 266 Å². The summed E-state index contributed by atoms with van der Waals surface area (Å²) < 4.78 is 8.66. The van der Waals surface area contributed by atoms with Gasteiger partial charge >= 0.3 is 5.82 Å². The van der Waals surface area contributed by atoms with E-state index in [0.29, 0.717) is 58.2 Å². The number of nitro groups is 1. The number of quaternary nitrogens is 1. The van der Waals surface area contributed by atoms with Crippen LogP contribution in [0.1, 0.15) is 11.4 Å². The molecule has 0 aliphatic rings. The van der Waals surface area contributed by atoms with Gasteiger partial charge in [-0.15, -0.1) is 0 Å². The fraction of sp³-hybridized carbons (Fsp3) is 0.200. The summed E-state index contributed by atoms with van der Waals surface area (Å²) in [5.74, 6) is 0.992. The zero-order valence-electron chi connectivity index (χ0n) is 24.7. The maximum Gasteiger partial charge on any atom is 0.390 e. The lowest BCUT2D eigenvalue weighted by Gasteiger charge is -2.27. The number of likely N-dealkylation sites (N-methyl/N-ethyl adjacent to an activating group) is 1. The van der Waals surface area contributed by atoms with Crippen molar-refractivity contribution in [3.8, 4) is 5.75 Å². The number of halogens is 1. The van der Waals surface area contributed by atoms with Gasteiger partial charge in [-0.1, -0.05) is 6.07 Å². The van der Waals surface area contributed by atoms with E-state index in [1.165, 1.54) is 18.7 Å². The van der Waals surface area contributed by atoms with Crippen LogP contribution in [0.2, 0.25) is 0 Å². The molecule has 0 spiro atoms. The number of hydrogen-bond donors (Lipinski definition) is 2. The van der Waals surface area contributed by atoms with E-state index in [2.05, 4.69) is 51.5 Å². The molecule has 1 aromatic carbocycles. The molecule has 4 aromatic heterocycles. The molecule has 2 N–H and O–H groups in total. The quantitative estimate of drug-likeness (QED) is 0.0804. The highest BCUT2D eigenvalue weighted by atomic mass is 79.9. The zero-order valence-corrected chi connectivity index (χ0v) is 26.3. The number of ether oxygens (including phenoxy) is 1. The van der Waals surface area contributed by atoms with E-state index in [0.717, 1.165) is 15.9 Å². The van der Waals surface area contributed by atoms with Crippen LogP contribution >= 0.6 is 15.9 Å². The average Bonchev–Trinajstić information content (AvgIpc) is 3.36. The molecule has 5 aromatic rings. The lowest BCUT2D eigenvalue weighted by atomic mass is 10.2. The third-order valence-electron chi connectivity index (χ3n) is 6.73. The Kier molecular flexibility index (Phi) is 9.39. The van der Waals surface area contributed by atoms with E-state index < -0.39 is 4.92 Å². The molecule has 0 aliphatic heterocycles. The van der Waals surface area contributed by atoms with Crippen molar-refractivity contribution in [2.75, 3.05) is 31.3 Å². The minimum atomic E-state index is -0.489. The third-order valence-corrected chi connectivity index (χ3v) is 7.35. The van der Waals surface area contributed by atoms with Gasteiger partial charge in [-0.2, -0.15) is 0 Å².